The minimum Gasteiger partial charge on any atom is -0.298 e. The molecule has 0 amide bonds. The molecule has 1 aromatic rings. The molecule has 0 aliphatic rings. The number of carbonyl (C=O) groups excluding carboxylic acids is 1. The third-order valence-corrected chi connectivity index (χ3v) is 2.52. The second kappa shape index (κ2) is 4.68. The first-order valence-electron chi connectivity index (χ1n) is 3.94. The lowest BCUT2D eigenvalue weighted by atomic mass is 10.1. The molecule has 0 radical (unpaired) electrons. The molecule has 1 aromatic carbocycles. The first-order chi connectivity index (χ1) is 6.31. The largest absolute Gasteiger partial charge is 0.298 e. The maximum absolute atomic E-state index is 10.4. The molecule has 0 saturated carbocycles. The minimum atomic E-state index is 0.553. The van der Waals surface area contributed by atoms with Crippen molar-refractivity contribution in [2.24, 2.45) is 0 Å². The smallest absolute Gasteiger partial charge is 0.150 e. The van der Waals surface area contributed by atoms with E-state index < -0.39 is 0 Å². The molecule has 13 heavy (non-hydrogen) atoms. The van der Waals surface area contributed by atoms with Crippen LogP contribution < -0.4 is 0 Å². The number of benzene rings is 1. The van der Waals surface area contributed by atoms with Gasteiger partial charge >= 0.3 is 0 Å². The van der Waals surface area contributed by atoms with Gasteiger partial charge in [0, 0.05) is 10.5 Å². The second-order valence-corrected chi connectivity index (χ2v) is 3.72. The van der Waals surface area contributed by atoms with Crippen molar-refractivity contribution in [1.82, 2.24) is 0 Å². The van der Waals surface area contributed by atoms with Gasteiger partial charge in [-0.25, -0.2) is 0 Å². The lowest BCUT2D eigenvalue weighted by Crippen LogP contribution is -1.86. The number of rotatable bonds is 3. The fourth-order valence-corrected chi connectivity index (χ4v) is 1.72. The Morgan fingerprint density at radius 3 is 2.92 bits per heavy atom. The Labute approximate surface area is 81.6 Å². The van der Waals surface area contributed by atoms with Crippen molar-refractivity contribution in [3.8, 4) is 6.07 Å². The van der Waals surface area contributed by atoms with Crippen LogP contribution in [0, 0.1) is 11.3 Å². The van der Waals surface area contributed by atoms with E-state index in [2.05, 4.69) is 6.07 Å². The number of thioether (sulfide) groups is 1. The van der Waals surface area contributed by atoms with Crippen molar-refractivity contribution in [3.63, 3.8) is 0 Å². The van der Waals surface area contributed by atoms with E-state index in [0.29, 0.717) is 11.1 Å². The van der Waals surface area contributed by atoms with Gasteiger partial charge in [-0.3, -0.25) is 4.79 Å². The number of nitriles is 1. The predicted octanol–water partition coefficient (Wildman–Crippen LogP) is 2.48. The lowest BCUT2D eigenvalue weighted by Gasteiger charge is -2.01. The minimum absolute atomic E-state index is 0.553. The summed E-state index contributed by atoms with van der Waals surface area (Å²) in [5, 5.41) is 8.79. The van der Waals surface area contributed by atoms with Crippen LogP contribution in [0.2, 0.25) is 0 Å². The highest BCUT2D eigenvalue weighted by molar-refractivity contribution is 7.99. The quantitative estimate of drug-likeness (QED) is 0.544. The molecule has 0 aliphatic carbocycles. The molecule has 3 heteroatoms. The maximum Gasteiger partial charge on any atom is 0.150 e. The first-order valence-corrected chi connectivity index (χ1v) is 4.92. The van der Waals surface area contributed by atoms with Crippen LogP contribution in [0.1, 0.15) is 22.8 Å². The van der Waals surface area contributed by atoms with Crippen molar-refractivity contribution in [1.29, 1.82) is 5.26 Å². The van der Waals surface area contributed by atoms with Crippen LogP contribution in [-0.2, 0) is 0 Å². The number of hydrogen-bond donors (Lipinski definition) is 0. The number of nitrogens with zero attached hydrogens (tertiary/aromatic N) is 1. The Bertz CT molecular complexity index is 354. The molecule has 0 unspecified atom stereocenters. The Kier molecular flexibility index (Phi) is 3.53. The van der Waals surface area contributed by atoms with E-state index >= 15 is 0 Å². The van der Waals surface area contributed by atoms with Gasteiger partial charge < -0.3 is 0 Å². The van der Waals surface area contributed by atoms with Gasteiger partial charge in [-0.05, 0) is 17.9 Å². The first kappa shape index (κ1) is 9.82. The van der Waals surface area contributed by atoms with Crippen molar-refractivity contribution in [2.75, 3.05) is 5.75 Å². The summed E-state index contributed by atoms with van der Waals surface area (Å²) in [7, 11) is 0. The van der Waals surface area contributed by atoms with E-state index in [1.165, 1.54) is 0 Å². The molecule has 1 rings (SSSR count). The van der Waals surface area contributed by atoms with E-state index in [9.17, 15) is 4.79 Å². The molecule has 0 spiro atoms. The van der Waals surface area contributed by atoms with Gasteiger partial charge in [0.25, 0.3) is 0 Å². The van der Waals surface area contributed by atoms with Crippen LogP contribution in [-0.4, -0.2) is 12.0 Å². The summed E-state index contributed by atoms with van der Waals surface area (Å²) in [6.45, 7) is 2.03. The summed E-state index contributed by atoms with van der Waals surface area (Å²) in [6.07, 6.45) is 0.751. The molecule has 0 N–H and O–H groups in total. The van der Waals surface area contributed by atoms with Crippen LogP contribution in [0.3, 0.4) is 0 Å². The monoisotopic (exact) mass is 191 g/mol. The zero-order valence-electron chi connectivity index (χ0n) is 7.28. The van der Waals surface area contributed by atoms with E-state index in [1.54, 1.807) is 23.9 Å². The van der Waals surface area contributed by atoms with Gasteiger partial charge in [0.05, 0.1) is 5.56 Å². The predicted molar refractivity (Wildman–Crippen MR) is 52.9 cm³/mol. The Morgan fingerprint density at radius 1 is 1.62 bits per heavy atom. The highest BCUT2D eigenvalue weighted by atomic mass is 32.2. The van der Waals surface area contributed by atoms with Crippen molar-refractivity contribution >= 4 is 18.0 Å². The van der Waals surface area contributed by atoms with Crippen LogP contribution in [0.4, 0.5) is 0 Å². The zero-order valence-corrected chi connectivity index (χ0v) is 8.10. The van der Waals surface area contributed by atoms with Crippen LogP contribution in [0.5, 0.6) is 0 Å². The average Bonchev–Trinajstić information content (AvgIpc) is 2.19. The summed E-state index contributed by atoms with van der Waals surface area (Å²) in [4.78, 5) is 11.4. The SMILES string of the molecule is CCSc1ccc(C=O)cc1C#N. The van der Waals surface area contributed by atoms with Crippen LogP contribution in [0.15, 0.2) is 23.1 Å². The Hall–Kier alpha value is -1.27. The van der Waals surface area contributed by atoms with Crippen LogP contribution in [0.25, 0.3) is 0 Å². The third-order valence-electron chi connectivity index (χ3n) is 1.56. The maximum atomic E-state index is 10.4. The second-order valence-electron chi connectivity index (χ2n) is 2.42. The van der Waals surface area contributed by atoms with E-state index in [4.69, 9.17) is 5.26 Å². The Balaban J connectivity index is 3.09. The fraction of sp³-hybridized carbons (Fsp3) is 0.200. The van der Waals surface area contributed by atoms with Crippen molar-refractivity contribution < 1.29 is 4.79 Å². The molecule has 0 aliphatic heterocycles. The number of aldehydes is 1. The standard InChI is InChI=1S/C10H9NOS/c1-2-13-10-4-3-8(7-12)5-9(10)6-11/h3-5,7H,2H2,1H3. The average molecular weight is 191 g/mol. The summed E-state index contributed by atoms with van der Waals surface area (Å²) < 4.78 is 0. The number of carbonyl (C=O) groups is 1. The molecule has 0 heterocycles. The summed E-state index contributed by atoms with van der Waals surface area (Å²) in [5.74, 6) is 0.926. The molecule has 66 valence electrons. The topological polar surface area (TPSA) is 40.9 Å². The highest BCUT2D eigenvalue weighted by Gasteiger charge is 2.02. The van der Waals surface area contributed by atoms with Crippen molar-refractivity contribution in [3.05, 3.63) is 29.3 Å². The summed E-state index contributed by atoms with van der Waals surface area (Å²) in [5.41, 5.74) is 1.13. The van der Waals surface area contributed by atoms with Gasteiger partial charge in [-0.2, -0.15) is 5.26 Å². The van der Waals surface area contributed by atoms with E-state index in [-0.39, 0.29) is 0 Å². The van der Waals surface area contributed by atoms with Crippen LogP contribution >= 0.6 is 11.8 Å². The molecule has 2 nitrogen and oxygen atoms in total. The molecule has 0 bridgehead atoms. The summed E-state index contributed by atoms with van der Waals surface area (Å²) in [6, 6.07) is 7.24. The van der Waals surface area contributed by atoms with Gasteiger partial charge in [0.15, 0.2) is 0 Å². The summed E-state index contributed by atoms with van der Waals surface area (Å²) >= 11 is 1.61. The molecule has 0 aromatic heterocycles. The normalized spacial score (nSPS) is 9.23. The zero-order chi connectivity index (χ0) is 9.68. The molecule has 0 saturated heterocycles. The van der Waals surface area contributed by atoms with Gasteiger partial charge in [0.2, 0.25) is 0 Å². The molecule has 0 fully saturated rings. The number of hydrogen-bond acceptors (Lipinski definition) is 3. The highest BCUT2D eigenvalue weighted by Crippen LogP contribution is 2.22. The van der Waals surface area contributed by atoms with E-state index in [1.807, 2.05) is 13.0 Å². The lowest BCUT2D eigenvalue weighted by molar-refractivity contribution is 0.112. The van der Waals surface area contributed by atoms with Gasteiger partial charge in [-0.1, -0.05) is 13.0 Å². The Morgan fingerprint density at radius 2 is 2.38 bits per heavy atom. The third kappa shape index (κ3) is 2.33. The van der Waals surface area contributed by atoms with Crippen molar-refractivity contribution in [2.45, 2.75) is 11.8 Å². The van der Waals surface area contributed by atoms with Gasteiger partial charge in [-0.15, -0.1) is 11.8 Å². The van der Waals surface area contributed by atoms with Gasteiger partial charge in [0.1, 0.15) is 12.4 Å². The molecular weight excluding hydrogens is 182 g/mol. The molecular formula is C10H9NOS. The van der Waals surface area contributed by atoms with E-state index in [0.717, 1.165) is 16.9 Å². The fourth-order valence-electron chi connectivity index (χ4n) is 0.990. The molecule has 0 atom stereocenters.